The van der Waals surface area contributed by atoms with E-state index in [2.05, 4.69) is 93.3 Å². The first kappa shape index (κ1) is 34.2. The van der Waals surface area contributed by atoms with Gasteiger partial charge in [0.05, 0.1) is 18.8 Å². The molecule has 3 N–H and O–H groups in total. The molecule has 2 amide bonds. The highest BCUT2D eigenvalue weighted by atomic mass is 16.6. The molecule has 0 bridgehead atoms. The van der Waals surface area contributed by atoms with Crippen LogP contribution >= 0.6 is 0 Å². The van der Waals surface area contributed by atoms with Crippen LogP contribution in [0.15, 0.2) is 78.2 Å². The first-order valence-corrected chi connectivity index (χ1v) is 15.6. The standard InChI is InChI=1S/C33H46N6O5/c1-2-3-4-5-6-7-8-9-10-11-12-13-14-15-16-17-18-19-28(40)34-22-23-35-33(42)43-24-27-20-21-29(44-27)39-26-38-30-31(39)36-25-37-32(30)41/h3-4,6-7,9-10,12-13,15-16,25-27,29H,2,5,8,11,14,17-24H2,1H3,(H,34,40)(H,35,42)(H,36,37,41). The number of H-pyrrole nitrogens is 1. The number of nitrogens with zero attached hydrogens (tertiary/aromatic N) is 3. The van der Waals surface area contributed by atoms with Crippen LogP contribution in [0.25, 0.3) is 11.2 Å². The minimum Gasteiger partial charge on any atom is -0.447 e. The van der Waals surface area contributed by atoms with E-state index in [1.165, 1.54) is 12.7 Å². The number of alkyl carbamates (subject to hydrolysis) is 1. The van der Waals surface area contributed by atoms with Crippen LogP contribution in [-0.4, -0.2) is 57.3 Å². The Hall–Kier alpha value is -4.25. The van der Waals surface area contributed by atoms with Gasteiger partial charge >= 0.3 is 6.09 Å². The predicted molar refractivity (Wildman–Crippen MR) is 172 cm³/mol. The summed E-state index contributed by atoms with van der Waals surface area (Å²) in [6, 6.07) is 0. The molecule has 0 saturated carbocycles. The van der Waals surface area contributed by atoms with Crippen LogP contribution < -0.4 is 16.2 Å². The molecule has 0 spiro atoms. The van der Waals surface area contributed by atoms with Crippen molar-refractivity contribution in [3.8, 4) is 0 Å². The Balaban J connectivity index is 1.14. The highest BCUT2D eigenvalue weighted by molar-refractivity contribution is 5.76. The molecule has 0 aromatic carbocycles. The molecule has 1 fully saturated rings. The molecule has 1 aliphatic heterocycles. The zero-order chi connectivity index (χ0) is 31.2. The Morgan fingerprint density at radius 1 is 0.955 bits per heavy atom. The number of ether oxygens (including phenoxy) is 2. The summed E-state index contributed by atoms with van der Waals surface area (Å²) in [5.41, 5.74) is 0.405. The predicted octanol–water partition coefficient (Wildman–Crippen LogP) is 5.56. The van der Waals surface area contributed by atoms with Crippen LogP contribution in [0.1, 0.15) is 77.4 Å². The molecule has 0 aliphatic carbocycles. The normalized spacial score (nSPS) is 17.3. The molecule has 0 radical (unpaired) electrons. The third kappa shape index (κ3) is 12.9. The number of aromatic amines is 1. The number of unbranched alkanes of at least 4 members (excludes halogenated alkanes) is 1. The average Bonchev–Trinajstić information content (AvgIpc) is 3.68. The summed E-state index contributed by atoms with van der Waals surface area (Å²) in [5, 5.41) is 5.44. The number of allylic oxidation sites excluding steroid dienone is 10. The average molecular weight is 607 g/mol. The number of rotatable bonds is 19. The molecule has 2 aromatic rings. The Morgan fingerprint density at radius 3 is 2.32 bits per heavy atom. The first-order chi connectivity index (χ1) is 21.6. The molecular formula is C33H46N6O5. The van der Waals surface area contributed by atoms with E-state index in [-0.39, 0.29) is 42.5 Å². The van der Waals surface area contributed by atoms with Crippen LogP contribution in [0.4, 0.5) is 4.79 Å². The number of hydrogen-bond acceptors (Lipinski definition) is 7. The maximum absolute atomic E-state index is 12.0. The fourth-order valence-electron chi connectivity index (χ4n) is 4.51. The maximum atomic E-state index is 12.0. The Kier molecular flexibility index (Phi) is 16.0. The number of aromatic nitrogens is 4. The number of imidazole rings is 1. The summed E-state index contributed by atoms with van der Waals surface area (Å²) in [7, 11) is 0. The molecule has 238 valence electrons. The van der Waals surface area contributed by atoms with E-state index >= 15 is 0 Å². The first-order valence-electron chi connectivity index (χ1n) is 15.6. The fourth-order valence-corrected chi connectivity index (χ4v) is 4.51. The molecule has 3 rings (SSSR count). The smallest absolute Gasteiger partial charge is 0.407 e. The molecule has 2 unspecified atom stereocenters. The van der Waals surface area contributed by atoms with Crippen molar-refractivity contribution >= 4 is 23.2 Å². The highest BCUT2D eigenvalue weighted by Crippen LogP contribution is 2.29. The van der Waals surface area contributed by atoms with Crippen molar-refractivity contribution in [2.45, 2.75) is 83.5 Å². The molecule has 11 nitrogen and oxygen atoms in total. The van der Waals surface area contributed by atoms with Crippen LogP contribution in [0.5, 0.6) is 0 Å². The van der Waals surface area contributed by atoms with Gasteiger partial charge in [0, 0.05) is 19.5 Å². The van der Waals surface area contributed by atoms with E-state index in [0.29, 0.717) is 31.5 Å². The molecule has 2 aromatic heterocycles. The van der Waals surface area contributed by atoms with E-state index in [1.54, 1.807) is 4.57 Å². The Bertz CT molecular complexity index is 1360. The second-order valence-corrected chi connectivity index (χ2v) is 10.3. The summed E-state index contributed by atoms with van der Waals surface area (Å²) >= 11 is 0. The molecule has 1 saturated heterocycles. The highest BCUT2D eigenvalue weighted by Gasteiger charge is 2.29. The van der Waals surface area contributed by atoms with E-state index in [9.17, 15) is 14.4 Å². The van der Waals surface area contributed by atoms with Gasteiger partial charge in [-0.25, -0.2) is 14.8 Å². The lowest BCUT2D eigenvalue weighted by Gasteiger charge is -2.15. The van der Waals surface area contributed by atoms with Crippen molar-refractivity contribution in [1.29, 1.82) is 0 Å². The number of nitrogens with one attached hydrogen (secondary N) is 3. The lowest BCUT2D eigenvalue weighted by Crippen LogP contribution is -2.35. The Morgan fingerprint density at radius 2 is 1.61 bits per heavy atom. The molecular weight excluding hydrogens is 560 g/mol. The van der Waals surface area contributed by atoms with E-state index in [4.69, 9.17) is 9.47 Å². The number of carbonyl (C=O) groups is 2. The van der Waals surface area contributed by atoms with E-state index in [0.717, 1.165) is 44.9 Å². The van der Waals surface area contributed by atoms with Gasteiger partial charge in [-0.1, -0.05) is 67.7 Å². The van der Waals surface area contributed by atoms with Crippen molar-refractivity contribution in [3.63, 3.8) is 0 Å². The summed E-state index contributed by atoms with van der Waals surface area (Å²) in [6.45, 7) is 2.85. The SMILES string of the molecule is CCC=CCC=CCC=CCC=CCC=CCCCC(=O)NCCNC(=O)OCC1CCC(n2cnc3c(=O)[nH]cnc32)O1. The van der Waals surface area contributed by atoms with Crippen molar-refractivity contribution in [2.24, 2.45) is 0 Å². The zero-order valence-electron chi connectivity index (χ0n) is 25.7. The van der Waals surface area contributed by atoms with Gasteiger partial charge < -0.3 is 25.1 Å². The minimum atomic E-state index is -0.564. The Labute approximate surface area is 259 Å². The third-order valence-electron chi connectivity index (χ3n) is 6.81. The van der Waals surface area contributed by atoms with Crippen LogP contribution in [-0.2, 0) is 14.3 Å². The van der Waals surface area contributed by atoms with Crippen LogP contribution in [0.2, 0.25) is 0 Å². The summed E-state index contributed by atoms with van der Waals surface area (Å²) in [4.78, 5) is 46.7. The molecule has 3 heterocycles. The van der Waals surface area contributed by atoms with Gasteiger partial charge in [-0.3, -0.25) is 14.2 Å². The van der Waals surface area contributed by atoms with Gasteiger partial charge in [0.25, 0.3) is 5.56 Å². The van der Waals surface area contributed by atoms with Crippen LogP contribution in [0.3, 0.4) is 0 Å². The van der Waals surface area contributed by atoms with E-state index < -0.39 is 6.09 Å². The number of hydrogen-bond donors (Lipinski definition) is 3. The van der Waals surface area contributed by atoms with Crippen molar-refractivity contribution < 1.29 is 19.1 Å². The maximum Gasteiger partial charge on any atom is 0.407 e. The topological polar surface area (TPSA) is 140 Å². The number of amides is 2. The quantitative estimate of drug-likeness (QED) is 0.140. The molecule has 2 atom stereocenters. The summed E-state index contributed by atoms with van der Waals surface area (Å²) < 4.78 is 13.0. The van der Waals surface area contributed by atoms with Gasteiger partial charge in [0.2, 0.25) is 5.91 Å². The number of fused-ring (bicyclic) bond motifs is 1. The molecule has 11 heteroatoms. The van der Waals surface area contributed by atoms with Gasteiger partial charge in [-0.15, -0.1) is 0 Å². The summed E-state index contributed by atoms with van der Waals surface area (Å²) in [6.07, 6.45) is 31.7. The minimum absolute atomic E-state index is 0.0403. The van der Waals surface area contributed by atoms with Crippen molar-refractivity contribution in [2.75, 3.05) is 19.7 Å². The van der Waals surface area contributed by atoms with Crippen molar-refractivity contribution in [3.05, 3.63) is 83.8 Å². The second kappa shape index (κ2) is 20.6. The van der Waals surface area contributed by atoms with Gasteiger partial charge in [-0.05, 0) is 57.8 Å². The molecule has 44 heavy (non-hydrogen) atoms. The third-order valence-corrected chi connectivity index (χ3v) is 6.81. The monoisotopic (exact) mass is 606 g/mol. The summed E-state index contributed by atoms with van der Waals surface area (Å²) in [5.74, 6) is -0.0403. The largest absolute Gasteiger partial charge is 0.447 e. The number of carbonyl (C=O) groups excluding carboxylic acids is 2. The van der Waals surface area contributed by atoms with Gasteiger partial charge in [-0.2, -0.15) is 0 Å². The molecule has 1 aliphatic rings. The van der Waals surface area contributed by atoms with Gasteiger partial charge in [0.15, 0.2) is 11.2 Å². The lowest BCUT2D eigenvalue weighted by molar-refractivity contribution is -0.121. The van der Waals surface area contributed by atoms with Crippen LogP contribution in [0, 0.1) is 0 Å². The van der Waals surface area contributed by atoms with Gasteiger partial charge in [0.1, 0.15) is 12.8 Å². The fraction of sp³-hybridized carbons (Fsp3) is 0.485. The second-order valence-electron chi connectivity index (χ2n) is 10.3. The lowest BCUT2D eigenvalue weighted by atomic mass is 10.2. The van der Waals surface area contributed by atoms with Crippen molar-refractivity contribution in [1.82, 2.24) is 30.2 Å². The van der Waals surface area contributed by atoms with E-state index in [1.807, 2.05) is 0 Å². The zero-order valence-corrected chi connectivity index (χ0v) is 25.7.